The maximum atomic E-state index is 13.1. The first kappa shape index (κ1) is 68.2. The molecular formula is C47H64Cl2N4O20. The van der Waals surface area contributed by atoms with Crippen molar-refractivity contribution in [3.63, 3.8) is 0 Å². The van der Waals surface area contributed by atoms with Crippen LogP contribution in [0.25, 0.3) is 0 Å². The number of halogens is 2. The number of amides is 1. The van der Waals surface area contributed by atoms with Crippen LogP contribution in [0.1, 0.15) is 92.0 Å². The van der Waals surface area contributed by atoms with Gasteiger partial charge >= 0.3 is 47.8 Å². The van der Waals surface area contributed by atoms with Crippen molar-refractivity contribution in [3.05, 3.63) is 70.8 Å². The number of esters is 8. The molecule has 73 heavy (non-hydrogen) atoms. The van der Waals surface area contributed by atoms with E-state index in [4.69, 9.17) is 63.1 Å². The standard InChI is InChI=1S/C24H32N2O10.C14H16Cl2O10.C8H12N2.CH4/c1-13(27)20(33-14(2)28)21(34-15(3)29)22(35-16(4)30)23(36-17(5)31)24(32)26-12-19-9-7-18(8-10-19)11-25-6;1-5(17)23-9(11(13(15)21)25-7(3)19)10(24-6(2)18)12(14(16)22)26-8(4)20;9-5-7-1-2-8(6-10)4-3-7;/h7-10,20-23,25H,11-12H2,1-6H3,(H,26,32);9-12H,1-4H3;1-4H,5-6,9-10H2;1H4/t20-,21-,22+,23-;9-,10-,11-,12+;;/m10../s1. The summed E-state index contributed by atoms with van der Waals surface area (Å²) in [7, 11) is 1.81. The van der Waals surface area contributed by atoms with Gasteiger partial charge in [-0.1, -0.05) is 56.0 Å². The highest BCUT2D eigenvalue weighted by Crippen LogP contribution is 2.23. The fraction of sp³-hybridized carbons (Fsp3) is 0.489. The molecule has 0 saturated heterocycles. The van der Waals surface area contributed by atoms with Crippen LogP contribution in [0.4, 0.5) is 0 Å². The van der Waals surface area contributed by atoms with Gasteiger partial charge in [-0.15, -0.1) is 0 Å². The summed E-state index contributed by atoms with van der Waals surface area (Å²) < 4.78 is 39.6. The molecule has 2 rings (SSSR count). The number of nitrogens with one attached hydrogen (secondary N) is 2. The molecule has 6 N–H and O–H groups in total. The molecule has 0 unspecified atom stereocenters. The Morgan fingerprint density at radius 2 is 0.658 bits per heavy atom. The molecule has 0 bridgehead atoms. The normalized spacial score (nSPS) is 13.5. The Hall–Kier alpha value is -6.86. The van der Waals surface area contributed by atoms with Gasteiger partial charge in [0.15, 0.2) is 36.3 Å². The van der Waals surface area contributed by atoms with Crippen molar-refractivity contribution in [2.75, 3.05) is 7.05 Å². The second-order valence-electron chi connectivity index (χ2n) is 14.9. The summed E-state index contributed by atoms with van der Waals surface area (Å²) in [5, 5.41) is 2.96. The molecule has 0 aromatic heterocycles. The molecule has 8 atom stereocenters. The third-order valence-corrected chi connectivity index (χ3v) is 9.12. The van der Waals surface area contributed by atoms with E-state index in [1.807, 2.05) is 43.4 Å². The predicted molar refractivity (Wildman–Crippen MR) is 257 cm³/mol. The van der Waals surface area contributed by atoms with Gasteiger partial charge in [-0.2, -0.15) is 0 Å². The molecule has 2 aromatic carbocycles. The van der Waals surface area contributed by atoms with E-state index in [1.165, 1.54) is 0 Å². The van der Waals surface area contributed by atoms with Crippen LogP contribution in [-0.4, -0.2) is 126 Å². The quantitative estimate of drug-likeness (QED) is 0.0662. The topological polar surface area (TPSA) is 355 Å². The highest BCUT2D eigenvalue weighted by atomic mass is 35.5. The molecule has 0 radical (unpaired) electrons. The van der Waals surface area contributed by atoms with Crippen LogP contribution in [0, 0.1) is 0 Å². The summed E-state index contributed by atoms with van der Waals surface area (Å²) >= 11 is 10.7. The number of Topliss-reactive ketones (excluding diaryl/α,β-unsaturated/α-hetero) is 1. The maximum Gasteiger partial charge on any atom is 0.303 e. The average molecular weight is 1080 g/mol. The van der Waals surface area contributed by atoms with Gasteiger partial charge in [0.25, 0.3) is 16.4 Å². The predicted octanol–water partition coefficient (Wildman–Crippen LogP) is 1.82. The van der Waals surface area contributed by atoms with Crippen molar-refractivity contribution in [3.8, 4) is 0 Å². The molecule has 1 amide bonds. The highest BCUT2D eigenvalue weighted by molar-refractivity contribution is 6.65. The number of carbonyl (C=O) groups excluding carboxylic acids is 12. The Kier molecular flexibility index (Phi) is 33.0. The van der Waals surface area contributed by atoms with E-state index in [-0.39, 0.29) is 14.0 Å². The molecule has 406 valence electrons. The lowest BCUT2D eigenvalue weighted by Crippen LogP contribution is -2.57. The van der Waals surface area contributed by atoms with Crippen LogP contribution in [0.3, 0.4) is 0 Å². The molecule has 0 aliphatic rings. The monoisotopic (exact) mass is 1070 g/mol. The van der Waals surface area contributed by atoms with Crippen LogP contribution in [0.2, 0.25) is 0 Å². The first-order valence-corrected chi connectivity index (χ1v) is 22.1. The minimum atomic E-state index is -1.98. The second-order valence-corrected chi connectivity index (χ2v) is 15.7. The highest BCUT2D eigenvalue weighted by Gasteiger charge is 2.49. The van der Waals surface area contributed by atoms with Crippen molar-refractivity contribution in [1.82, 2.24) is 10.6 Å². The molecule has 24 nitrogen and oxygen atoms in total. The lowest BCUT2D eigenvalue weighted by Gasteiger charge is -2.34. The van der Waals surface area contributed by atoms with Crippen LogP contribution >= 0.6 is 23.2 Å². The summed E-state index contributed by atoms with van der Waals surface area (Å²) in [5.74, 6) is -9.37. The van der Waals surface area contributed by atoms with E-state index >= 15 is 0 Å². The Morgan fingerprint density at radius 1 is 0.411 bits per heavy atom. The van der Waals surface area contributed by atoms with E-state index < -0.39 is 119 Å². The summed E-state index contributed by atoms with van der Waals surface area (Å²) in [4.78, 5) is 141. The first-order chi connectivity index (χ1) is 33.6. The molecule has 0 aliphatic carbocycles. The van der Waals surface area contributed by atoms with E-state index in [1.54, 1.807) is 12.1 Å². The Balaban J connectivity index is 0. The van der Waals surface area contributed by atoms with Gasteiger partial charge in [0.1, 0.15) is 0 Å². The van der Waals surface area contributed by atoms with Crippen molar-refractivity contribution in [1.29, 1.82) is 0 Å². The SMILES string of the molecule is C.CC(=O)O[C@@H]([C@H](OC(C)=O)[C@@H](OC(C)=O)C(=O)Cl)[C@H](OC(C)=O)C(=O)Cl.CNCc1ccc(CNC(=O)[C@H](OC(C)=O)[C@@H](OC(C)=O)[C@H](OC(C)=O)[C@H](OC(C)=O)C(C)=O)cc1.NCc1ccc(CN)cc1. The molecule has 0 saturated carbocycles. The average Bonchev–Trinajstić information content (AvgIpc) is 3.27. The van der Waals surface area contributed by atoms with Crippen LogP contribution in [-0.2, 0) is 122 Å². The number of nitrogens with two attached hydrogens (primary N) is 2. The van der Waals surface area contributed by atoms with Gasteiger partial charge < -0.3 is 60.0 Å². The molecule has 0 aliphatic heterocycles. The smallest absolute Gasteiger partial charge is 0.303 e. The summed E-state index contributed by atoms with van der Waals surface area (Å²) in [6.45, 7) is 10.6. The summed E-state index contributed by atoms with van der Waals surface area (Å²) in [6, 6.07) is 15.3. The Morgan fingerprint density at radius 3 is 0.918 bits per heavy atom. The minimum absolute atomic E-state index is 0. The molecule has 0 heterocycles. The summed E-state index contributed by atoms with van der Waals surface area (Å²) in [6.07, 6.45) is -15.0. The van der Waals surface area contributed by atoms with E-state index in [2.05, 4.69) is 20.1 Å². The first-order valence-electron chi connectivity index (χ1n) is 21.3. The number of carbonyl (C=O) groups is 12. The fourth-order valence-corrected chi connectivity index (χ4v) is 6.24. The van der Waals surface area contributed by atoms with Crippen molar-refractivity contribution >= 4 is 93.1 Å². The van der Waals surface area contributed by atoms with Crippen molar-refractivity contribution in [2.24, 2.45) is 11.5 Å². The number of ether oxygens (including phenoxy) is 8. The largest absolute Gasteiger partial charge is 0.454 e. The molecular weight excluding hydrogens is 1010 g/mol. The minimum Gasteiger partial charge on any atom is -0.454 e. The zero-order chi connectivity index (χ0) is 55.4. The third kappa shape index (κ3) is 27.5. The van der Waals surface area contributed by atoms with Gasteiger partial charge in [-0.25, -0.2) is 0 Å². The number of ketones is 1. The van der Waals surface area contributed by atoms with Crippen molar-refractivity contribution in [2.45, 2.75) is 145 Å². The van der Waals surface area contributed by atoms with E-state index in [0.717, 1.165) is 79.0 Å². The van der Waals surface area contributed by atoms with Gasteiger partial charge in [-0.05, 0) is 59.4 Å². The third-order valence-electron chi connectivity index (χ3n) is 8.69. The zero-order valence-electron chi connectivity index (χ0n) is 41.1. The number of benzene rings is 2. The Labute approximate surface area is 432 Å². The number of rotatable bonds is 24. The van der Waals surface area contributed by atoms with Crippen LogP contribution in [0.15, 0.2) is 48.5 Å². The van der Waals surface area contributed by atoms with E-state index in [9.17, 15) is 57.5 Å². The lowest BCUT2D eigenvalue weighted by atomic mass is 9.98. The molecule has 0 spiro atoms. The van der Waals surface area contributed by atoms with Crippen LogP contribution < -0.4 is 22.1 Å². The van der Waals surface area contributed by atoms with E-state index in [0.29, 0.717) is 25.2 Å². The van der Waals surface area contributed by atoms with Crippen molar-refractivity contribution < 1.29 is 95.4 Å². The van der Waals surface area contributed by atoms with Gasteiger partial charge in [-0.3, -0.25) is 57.5 Å². The Bertz CT molecular complexity index is 2130. The lowest BCUT2D eigenvalue weighted by molar-refractivity contribution is -0.199. The molecule has 0 fully saturated rings. The van der Waals surface area contributed by atoms with Crippen LogP contribution in [0.5, 0.6) is 0 Å². The molecule has 26 heteroatoms. The fourth-order valence-electron chi connectivity index (χ4n) is 5.90. The second kappa shape index (κ2) is 35.3. The summed E-state index contributed by atoms with van der Waals surface area (Å²) in [5.41, 5.74) is 14.9. The number of hydrogen-bond acceptors (Lipinski definition) is 23. The van der Waals surface area contributed by atoms with Gasteiger partial charge in [0.2, 0.25) is 18.3 Å². The maximum absolute atomic E-state index is 13.1. The van der Waals surface area contributed by atoms with Gasteiger partial charge in [0.05, 0.1) is 0 Å². The molecule has 2 aromatic rings. The van der Waals surface area contributed by atoms with Gasteiger partial charge in [0, 0.05) is 81.6 Å². The zero-order valence-corrected chi connectivity index (χ0v) is 42.7. The number of hydrogen-bond donors (Lipinski definition) is 4.